The van der Waals surface area contributed by atoms with Crippen molar-refractivity contribution in [2.45, 2.75) is 3.79 Å². The van der Waals surface area contributed by atoms with Gasteiger partial charge in [0, 0.05) is 0 Å². The minimum atomic E-state index is -1.87. The number of urea groups is 1. The van der Waals surface area contributed by atoms with E-state index in [0.29, 0.717) is 0 Å². The number of barbiturate groups is 1. The number of hydrogen-bond acceptors (Lipinski definition) is 3. The Kier molecular flexibility index (Phi) is 3.04. The van der Waals surface area contributed by atoms with Crippen molar-refractivity contribution in [3.8, 4) is 0 Å². The Morgan fingerprint density at radius 3 is 1.79 bits per heavy atom. The third kappa shape index (κ3) is 2.87. The molecular formula is C6H3Cl3N2O3. The van der Waals surface area contributed by atoms with Gasteiger partial charge in [0.2, 0.25) is 3.79 Å². The topological polar surface area (TPSA) is 75.3 Å². The second-order valence-electron chi connectivity index (χ2n) is 2.34. The summed E-state index contributed by atoms with van der Waals surface area (Å²) in [7, 11) is 0. The molecule has 0 saturated carbocycles. The van der Waals surface area contributed by atoms with E-state index in [4.69, 9.17) is 34.8 Å². The molecule has 0 bridgehead atoms. The third-order valence-corrected chi connectivity index (χ3v) is 1.58. The van der Waals surface area contributed by atoms with Gasteiger partial charge in [0.05, 0.1) is 0 Å². The number of allylic oxidation sites excluding steroid dienone is 1. The second kappa shape index (κ2) is 3.76. The fourth-order valence-corrected chi connectivity index (χ4v) is 1.10. The first-order valence-electron chi connectivity index (χ1n) is 3.26. The van der Waals surface area contributed by atoms with Crippen molar-refractivity contribution < 1.29 is 14.4 Å². The monoisotopic (exact) mass is 256 g/mol. The summed E-state index contributed by atoms with van der Waals surface area (Å²) in [4.78, 5) is 32.7. The summed E-state index contributed by atoms with van der Waals surface area (Å²) in [6.45, 7) is 0. The smallest absolute Gasteiger partial charge is 0.273 e. The van der Waals surface area contributed by atoms with E-state index in [-0.39, 0.29) is 0 Å². The van der Waals surface area contributed by atoms with Crippen LogP contribution in [0.25, 0.3) is 0 Å². The highest BCUT2D eigenvalue weighted by atomic mass is 35.6. The molecule has 76 valence electrons. The number of hydrogen-bond donors (Lipinski definition) is 2. The molecule has 0 unspecified atom stereocenters. The van der Waals surface area contributed by atoms with Crippen LogP contribution in [0.15, 0.2) is 11.6 Å². The summed E-state index contributed by atoms with van der Waals surface area (Å²) in [6, 6.07) is -0.901. The van der Waals surface area contributed by atoms with Gasteiger partial charge >= 0.3 is 6.03 Å². The highest BCUT2D eigenvalue weighted by Crippen LogP contribution is 2.29. The highest BCUT2D eigenvalue weighted by Gasteiger charge is 2.31. The number of carbonyl (C=O) groups is 3. The molecule has 0 aromatic rings. The Bertz CT molecular complexity index is 323. The maximum Gasteiger partial charge on any atom is 0.328 e. The first-order chi connectivity index (χ1) is 6.29. The lowest BCUT2D eigenvalue weighted by molar-refractivity contribution is -0.124. The van der Waals surface area contributed by atoms with Crippen LogP contribution in [0.3, 0.4) is 0 Å². The van der Waals surface area contributed by atoms with Crippen LogP contribution in [0.2, 0.25) is 0 Å². The van der Waals surface area contributed by atoms with Gasteiger partial charge in [-0.25, -0.2) is 4.79 Å². The molecule has 0 spiro atoms. The van der Waals surface area contributed by atoms with Gasteiger partial charge in [-0.1, -0.05) is 34.8 Å². The summed E-state index contributed by atoms with van der Waals surface area (Å²) in [5, 5.41) is 3.66. The molecule has 4 amide bonds. The number of rotatable bonds is 0. The lowest BCUT2D eigenvalue weighted by Crippen LogP contribution is -2.51. The lowest BCUT2D eigenvalue weighted by atomic mass is 10.2. The standard InChI is InChI=1S/C6H3Cl3N2O3/c7-6(8,9)1-2-3(12)10-5(14)11-4(2)13/h1H,(H2,10,11,12,13,14). The number of amides is 4. The van der Waals surface area contributed by atoms with Crippen molar-refractivity contribution in [2.24, 2.45) is 0 Å². The van der Waals surface area contributed by atoms with E-state index in [1.165, 1.54) is 0 Å². The third-order valence-electron chi connectivity index (χ3n) is 1.25. The fourth-order valence-electron chi connectivity index (χ4n) is 0.770. The minimum Gasteiger partial charge on any atom is -0.273 e. The molecular weight excluding hydrogens is 254 g/mol. The molecule has 1 aliphatic rings. The molecule has 14 heavy (non-hydrogen) atoms. The Hall–Kier alpha value is -0.780. The van der Waals surface area contributed by atoms with E-state index >= 15 is 0 Å². The van der Waals surface area contributed by atoms with Gasteiger partial charge in [-0.2, -0.15) is 0 Å². The predicted octanol–water partition coefficient (Wildman–Crippen LogP) is 0.649. The van der Waals surface area contributed by atoms with Crippen LogP contribution in [-0.2, 0) is 9.59 Å². The SMILES string of the molecule is O=C1NC(=O)C(=CC(Cl)(Cl)Cl)C(=O)N1. The summed E-state index contributed by atoms with van der Waals surface area (Å²) in [5.74, 6) is -1.80. The molecule has 0 aromatic carbocycles. The zero-order valence-electron chi connectivity index (χ0n) is 6.44. The Morgan fingerprint density at radius 2 is 1.43 bits per heavy atom. The number of imide groups is 2. The first-order valence-corrected chi connectivity index (χ1v) is 4.39. The molecule has 1 aliphatic heterocycles. The predicted molar refractivity (Wildman–Crippen MR) is 50.1 cm³/mol. The van der Waals surface area contributed by atoms with Crippen LogP contribution in [0, 0.1) is 0 Å². The first kappa shape index (κ1) is 11.3. The second-order valence-corrected chi connectivity index (χ2v) is 4.71. The van der Waals surface area contributed by atoms with Gasteiger partial charge in [-0.05, 0) is 6.08 Å². The van der Waals surface area contributed by atoms with Crippen molar-refractivity contribution in [2.75, 3.05) is 0 Å². The normalized spacial score (nSPS) is 17.6. The molecule has 0 radical (unpaired) electrons. The zero-order valence-corrected chi connectivity index (χ0v) is 8.70. The summed E-state index contributed by atoms with van der Waals surface area (Å²) in [6.07, 6.45) is 0.828. The van der Waals surface area contributed by atoms with Crippen LogP contribution in [0.5, 0.6) is 0 Å². The summed E-state index contributed by atoms with van der Waals surface area (Å²) < 4.78 is -1.87. The van der Waals surface area contributed by atoms with Crippen LogP contribution in [-0.4, -0.2) is 21.6 Å². The van der Waals surface area contributed by atoms with Crippen molar-refractivity contribution in [1.82, 2.24) is 10.6 Å². The van der Waals surface area contributed by atoms with Crippen molar-refractivity contribution >= 4 is 52.6 Å². The average Bonchev–Trinajstić information content (AvgIpc) is 1.95. The van der Waals surface area contributed by atoms with E-state index in [2.05, 4.69) is 0 Å². The number of carbonyl (C=O) groups excluding carboxylic acids is 3. The van der Waals surface area contributed by atoms with Gasteiger partial charge in [-0.15, -0.1) is 0 Å². The lowest BCUT2D eigenvalue weighted by Gasteiger charge is -2.15. The maximum absolute atomic E-state index is 11.1. The van der Waals surface area contributed by atoms with E-state index in [1.807, 2.05) is 10.6 Å². The Labute approximate surface area is 93.4 Å². The fraction of sp³-hybridized carbons (Fsp3) is 0.167. The summed E-state index contributed by atoms with van der Waals surface area (Å²) in [5.41, 5.74) is -0.412. The van der Waals surface area contributed by atoms with Gasteiger partial charge in [0.1, 0.15) is 5.57 Å². The van der Waals surface area contributed by atoms with Gasteiger partial charge < -0.3 is 0 Å². The van der Waals surface area contributed by atoms with Gasteiger partial charge in [0.15, 0.2) is 0 Å². The molecule has 5 nitrogen and oxygen atoms in total. The van der Waals surface area contributed by atoms with E-state index in [9.17, 15) is 14.4 Å². The quantitative estimate of drug-likeness (QED) is 0.380. The van der Waals surface area contributed by atoms with Crippen LogP contribution >= 0.6 is 34.8 Å². The average molecular weight is 257 g/mol. The van der Waals surface area contributed by atoms with Crippen LogP contribution < -0.4 is 10.6 Å². The van der Waals surface area contributed by atoms with Crippen molar-refractivity contribution in [3.63, 3.8) is 0 Å². The maximum atomic E-state index is 11.1. The van der Waals surface area contributed by atoms with Crippen molar-refractivity contribution in [1.29, 1.82) is 0 Å². The minimum absolute atomic E-state index is 0.412. The molecule has 8 heteroatoms. The van der Waals surface area contributed by atoms with E-state index < -0.39 is 27.2 Å². The Morgan fingerprint density at radius 1 is 1.00 bits per heavy atom. The zero-order chi connectivity index (χ0) is 10.9. The van der Waals surface area contributed by atoms with Gasteiger partial charge in [0.25, 0.3) is 11.8 Å². The largest absolute Gasteiger partial charge is 0.328 e. The molecule has 0 aliphatic carbocycles. The number of nitrogens with one attached hydrogen (secondary N) is 2. The van der Waals surface area contributed by atoms with E-state index in [1.54, 1.807) is 0 Å². The van der Waals surface area contributed by atoms with Gasteiger partial charge in [-0.3, -0.25) is 20.2 Å². The highest BCUT2D eigenvalue weighted by molar-refractivity contribution is 6.69. The summed E-state index contributed by atoms with van der Waals surface area (Å²) >= 11 is 16.0. The molecule has 1 fully saturated rings. The molecule has 1 rings (SSSR count). The molecule has 1 heterocycles. The van der Waals surface area contributed by atoms with E-state index in [0.717, 1.165) is 6.08 Å². The molecule has 2 N–H and O–H groups in total. The number of halogens is 3. The van der Waals surface area contributed by atoms with Crippen LogP contribution in [0.4, 0.5) is 4.79 Å². The van der Waals surface area contributed by atoms with Crippen LogP contribution in [0.1, 0.15) is 0 Å². The number of alkyl halides is 3. The Balaban J connectivity index is 2.99. The molecule has 1 saturated heterocycles. The molecule has 0 aromatic heterocycles. The van der Waals surface area contributed by atoms with Crippen molar-refractivity contribution in [3.05, 3.63) is 11.6 Å². The molecule has 0 atom stereocenters.